The Morgan fingerprint density at radius 1 is 1.27 bits per heavy atom. The van der Waals surface area contributed by atoms with Crippen molar-refractivity contribution in [3.8, 4) is 11.5 Å². The number of amides is 1. The first-order chi connectivity index (χ1) is 12.4. The van der Waals surface area contributed by atoms with Crippen LogP contribution in [0.25, 0.3) is 0 Å². The number of ether oxygens (including phenoxy) is 2. The molecular formula is C18H27N3O5. The van der Waals surface area contributed by atoms with E-state index in [0.717, 1.165) is 25.9 Å². The van der Waals surface area contributed by atoms with Crippen LogP contribution in [0.1, 0.15) is 37.0 Å². The Hall–Kier alpha value is -2.35. The number of rotatable bonds is 7. The van der Waals surface area contributed by atoms with Gasteiger partial charge in [-0.2, -0.15) is 0 Å². The summed E-state index contributed by atoms with van der Waals surface area (Å²) in [6, 6.07) is 3.10. The van der Waals surface area contributed by atoms with Crippen LogP contribution in [0.15, 0.2) is 12.1 Å². The lowest BCUT2D eigenvalue weighted by Crippen LogP contribution is -2.41. The highest BCUT2D eigenvalue weighted by atomic mass is 16.6. The number of hydrogen-bond donors (Lipinski definition) is 1. The van der Waals surface area contributed by atoms with Crippen molar-refractivity contribution in [3.05, 3.63) is 27.8 Å². The minimum atomic E-state index is -0.585. The number of nitro benzene ring substituents is 1. The normalized spacial score (nSPS) is 15.7. The number of nitrogens with zero attached hydrogens (tertiary/aromatic N) is 2. The Labute approximate surface area is 153 Å². The van der Waals surface area contributed by atoms with Crippen LogP contribution in [0.4, 0.5) is 5.69 Å². The first kappa shape index (κ1) is 20.0. The van der Waals surface area contributed by atoms with Gasteiger partial charge in [-0.15, -0.1) is 0 Å². The van der Waals surface area contributed by atoms with Crippen LogP contribution in [0.5, 0.6) is 11.5 Å². The van der Waals surface area contributed by atoms with Gasteiger partial charge in [-0.25, -0.2) is 0 Å². The molecule has 0 bridgehead atoms. The third-order valence-corrected chi connectivity index (χ3v) is 4.87. The molecule has 1 aromatic rings. The number of likely N-dealkylation sites (tertiary alicyclic amines) is 1. The summed E-state index contributed by atoms with van der Waals surface area (Å²) in [5, 5.41) is 14.2. The maximum atomic E-state index is 12.5. The molecule has 1 heterocycles. The maximum absolute atomic E-state index is 12.5. The van der Waals surface area contributed by atoms with E-state index >= 15 is 0 Å². The van der Waals surface area contributed by atoms with E-state index in [1.807, 2.05) is 0 Å². The lowest BCUT2D eigenvalue weighted by atomic mass is 9.96. The molecule has 1 aliphatic heterocycles. The second-order valence-electron chi connectivity index (χ2n) is 6.76. The number of carbonyl (C=O) groups is 1. The van der Waals surface area contributed by atoms with Crippen LogP contribution in [-0.4, -0.2) is 55.6 Å². The summed E-state index contributed by atoms with van der Waals surface area (Å²) in [6.07, 6.45) is 2.01. The first-order valence-electron chi connectivity index (χ1n) is 8.80. The highest BCUT2D eigenvalue weighted by Crippen LogP contribution is 2.34. The van der Waals surface area contributed by atoms with Gasteiger partial charge in [0.25, 0.3) is 11.6 Å². The SMILES string of the molecule is COc1cc(C(=O)NCC2CCN(C(C)C)CC2)c([N+](=O)[O-])cc1OC. The van der Waals surface area contributed by atoms with Crippen molar-refractivity contribution < 1.29 is 19.2 Å². The van der Waals surface area contributed by atoms with Crippen LogP contribution in [0.2, 0.25) is 0 Å². The van der Waals surface area contributed by atoms with Crippen LogP contribution in [-0.2, 0) is 0 Å². The quantitative estimate of drug-likeness (QED) is 0.589. The van der Waals surface area contributed by atoms with Gasteiger partial charge in [-0.1, -0.05) is 0 Å². The van der Waals surface area contributed by atoms with Crippen molar-refractivity contribution in [1.82, 2.24) is 10.2 Å². The number of carbonyl (C=O) groups excluding carboxylic acids is 1. The Kier molecular flexibility index (Phi) is 6.79. The molecule has 8 nitrogen and oxygen atoms in total. The number of hydrogen-bond acceptors (Lipinski definition) is 6. The molecule has 1 amide bonds. The van der Waals surface area contributed by atoms with Crippen molar-refractivity contribution in [2.45, 2.75) is 32.7 Å². The zero-order valence-corrected chi connectivity index (χ0v) is 15.8. The van der Waals surface area contributed by atoms with Crippen molar-refractivity contribution in [2.75, 3.05) is 33.9 Å². The minimum Gasteiger partial charge on any atom is -0.493 e. The Bertz CT molecular complexity index is 654. The summed E-state index contributed by atoms with van der Waals surface area (Å²) in [6.45, 7) is 6.89. The molecule has 1 N–H and O–H groups in total. The smallest absolute Gasteiger partial charge is 0.286 e. The van der Waals surface area contributed by atoms with Gasteiger partial charge in [0.05, 0.1) is 25.2 Å². The average molecular weight is 365 g/mol. The summed E-state index contributed by atoms with van der Waals surface area (Å²) in [5.74, 6) is 0.419. The Morgan fingerprint density at radius 2 is 1.85 bits per heavy atom. The highest BCUT2D eigenvalue weighted by Gasteiger charge is 2.26. The van der Waals surface area contributed by atoms with E-state index in [0.29, 0.717) is 18.5 Å². The monoisotopic (exact) mass is 365 g/mol. The summed E-state index contributed by atoms with van der Waals surface area (Å²) in [7, 11) is 2.82. The topological polar surface area (TPSA) is 93.9 Å². The summed E-state index contributed by atoms with van der Waals surface area (Å²) < 4.78 is 10.2. The third kappa shape index (κ3) is 4.63. The average Bonchev–Trinajstić information content (AvgIpc) is 2.65. The fourth-order valence-electron chi connectivity index (χ4n) is 3.21. The van der Waals surface area contributed by atoms with E-state index in [1.54, 1.807) is 0 Å². The Morgan fingerprint density at radius 3 is 2.35 bits per heavy atom. The van der Waals surface area contributed by atoms with E-state index < -0.39 is 10.8 Å². The van der Waals surface area contributed by atoms with Crippen LogP contribution in [0.3, 0.4) is 0 Å². The van der Waals surface area contributed by atoms with Crippen molar-refractivity contribution in [3.63, 3.8) is 0 Å². The Balaban J connectivity index is 2.06. The zero-order chi connectivity index (χ0) is 19.3. The van der Waals surface area contributed by atoms with Gasteiger partial charge < -0.3 is 19.7 Å². The molecule has 1 aromatic carbocycles. The molecule has 144 valence electrons. The molecule has 2 rings (SSSR count). The van der Waals surface area contributed by atoms with Crippen LogP contribution >= 0.6 is 0 Å². The molecule has 8 heteroatoms. The summed E-state index contributed by atoms with van der Waals surface area (Å²) in [4.78, 5) is 25.7. The molecule has 1 aliphatic rings. The van der Waals surface area contributed by atoms with Crippen molar-refractivity contribution in [2.24, 2.45) is 5.92 Å². The number of nitro groups is 1. The second kappa shape index (κ2) is 8.84. The second-order valence-corrected chi connectivity index (χ2v) is 6.76. The largest absolute Gasteiger partial charge is 0.493 e. The predicted octanol–water partition coefficient (Wildman–Crippen LogP) is 2.46. The van der Waals surface area contributed by atoms with Crippen molar-refractivity contribution >= 4 is 11.6 Å². The summed E-state index contributed by atoms with van der Waals surface area (Å²) in [5.41, 5.74) is -0.318. The van der Waals surface area contributed by atoms with Gasteiger partial charge in [-0.05, 0) is 45.7 Å². The van der Waals surface area contributed by atoms with Crippen LogP contribution in [0, 0.1) is 16.0 Å². The fourth-order valence-corrected chi connectivity index (χ4v) is 3.21. The van der Waals surface area contributed by atoms with Crippen molar-refractivity contribution in [1.29, 1.82) is 0 Å². The van der Waals surface area contributed by atoms with E-state index in [1.165, 1.54) is 26.4 Å². The van der Waals surface area contributed by atoms with E-state index in [-0.39, 0.29) is 22.7 Å². The lowest BCUT2D eigenvalue weighted by molar-refractivity contribution is -0.385. The molecule has 0 unspecified atom stereocenters. The molecular weight excluding hydrogens is 338 g/mol. The molecule has 0 spiro atoms. The first-order valence-corrected chi connectivity index (χ1v) is 8.80. The van der Waals surface area contributed by atoms with Gasteiger partial charge in [-0.3, -0.25) is 14.9 Å². The zero-order valence-electron chi connectivity index (χ0n) is 15.8. The van der Waals surface area contributed by atoms with Crippen LogP contribution < -0.4 is 14.8 Å². The van der Waals surface area contributed by atoms with E-state index in [4.69, 9.17) is 9.47 Å². The number of benzene rings is 1. The maximum Gasteiger partial charge on any atom is 0.286 e. The molecule has 0 aromatic heterocycles. The predicted molar refractivity (Wildman–Crippen MR) is 98.0 cm³/mol. The molecule has 26 heavy (non-hydrogen) atoms. The van der Waals surface area contributed by atoms with Gasteiger partial charge in [0.1, 0.15) is 5.56 Å². The molecule has 0 radical (unpaired) electrons. The van der Waals surface area contributed by atoms with E-state index in [9.17, 15) is 14.9 Å². The lowest BCUT2D eigenvalue weighted by Gasteiger charge is -2.34. The van der Waals surface area contributed by atoms with Gasteiger partial charge in [0.15, 0.2) is 11.5 Å². The molecule has 0 saturated carbocycles. The number of nitrogens with one attached hydrogen (secondary N) is 1. The third-order valence-electron chi connectivity index (χ3n) is 4.87. The fraction of sp³-hybridized carbons (Fsp3) is 0.611. The van der Waals surface area contributed by atoms with E-state index in [2.05, 4.69) is 24.1 Å². The summed E-state index contributed by atoms with van der Waals surface area (Å²) >= 11 is 0. The van der Waals surface area contributed by atoms with Gasteiger partial charge in [0.2, 0.25) is 0 Å². The molecule has 1 fully saturated rings. The minimum absolute atomic E-state index is 0.0210. The standard InChI is InChI=1S/C18H27N3O5/c1-12(2)20-7-5-13(6-8-20)11-19-18(22)14-9-16(25-3)17(26-4)10-15(14)21(23)24/h9-10,12-13H,5-8,11H2,1-4H3,(H,19,22). The van der Waals surface area contributed by atoms with Gasteiger partial charge >= 0.3 is 0 Å². The molecule has 0 aliphatic carbocycles. The highest BCUT2D eigenvalue weighted by molar-refractivity contribution is 5.99. The number of methoxy groups -OCH3 is 2. The van der Waals surface area contributed by atoms with Gasteiger partial charge in [0, 0.05) is 18.7 Å². The molecule has 1 saturated heterocycles. The number of piperidine rings is 1. The molecule has 0 atom stereocenters.